The molecule has 0 aliphatic carbocycles. The normalized spacial score (nSPS) is 15.3. The van der Waals surface area contributed by atoms with Crippen LogP contribution in [0, 0.1) is 16.7 Å². The van der Waals surface area contributed by atoms with Crippen LogP contribution < -0.4 is 0 Å². The van der Waals surface area contributed by atoms with Gasteiger partial charge in [-0.05, 0) is 47.6 Å². The van der Waals surface area contributed by atoms with Crippen molar-refractivity contribution in [2.75, 3.05) is 0 Å². The van der Waals surface area contributed by atoms with Crippen LogP contribution in [0.15, 0.2) is 60.7 Å². The summed E-state index contributed by atoms with van der Waals surface area (Å²) in [5.74, 6) is -5.30. The predicted molar refractivity (Wildman–Crippen MR) is 130 cm³/mol. The maximum atomic E-state index is 12.7. The molecule has 7 nitrogen and oxygen atoms in total. The Labute approximate surface area is 201 Å². The molecule has 8 heteroatoms. The topological polar surface area (TPSA) is 129 Å². The van der Waals surface area contributed by atoms with E-state index in [1.165, 1.54) is 0 Å². The van der Waals surface area contributed by atoms with Crippen molar-refractivity contribution in [3.8, 4) is 0 Å². The van der Waals surface area contributed by atoms with Gasteiger partial charge in [-0.15, -0.1) is 0 Å². The van der Waals surface area contributed by atoms with Crippen molar-refractivity contribution in [2.45, 2.75) is 58.1 Å². The molecule has 0 bridgehead atoms. The highest BCUT2D eigenvalue weighted by atomic mass is 32.2. The molecule has 0 aromatic heterocycles. The van der Waals surface area contributed by atoms with Crippen LogP contribution in [-0.2, 0) is 32.5 Å². The quantitative estimate of drug-likeness (QED) is 0.367. The Morgan fingerprint density at radius 2 is 1.21 bits per heavy atom. The monoisotopic (exact) mass is 490 g/mol. The third-order valence-electron chi connectivity index (χ3n) is 6.23. The molecule has 0 radical (unpaired) electrons. The summed E-state index contributed by atoms with van der Waals surface area (Å²) in [4.78, 5) is 25.0. The molecule has 186 valence electrons. The zero-order valence-corrected chi connectivity index (χ0v) is 20.9. The van der Waals surface area contributed by atoms with Gasteiger partial charge in [0, 0.05) is 0 Å². The van der Waals surface area contributed by atoms with Gasteiger partial charge in [0.2, 0.25) is 4.75 Å². The second kappa shape index (κ2) is 10.3. The van der Waals surface area contributed by atoms with Crippen LogP contribution in [0.5, 0.6) is 0 Å². The van der Waals surface area contributed by atoms with Gasteiger partial charge in [-0.2, -0.15) is 8.42 Å². The summed E-state index contributed by atoms with van der Waals surface area (Å²) >= 11 is 0. The molecule has 0 aliphatic heterocycles. The molecule has 34 heavy (non-hydrogen) atoms. The van der Waals surface area contributed by atoms with Gasteiger partial charge in [-0.25, -0.2) is 0 Å². The van der Waals surface area contributed by atoms with Crippen LogP contribution >= 0.6 is 0 Å². The van der Waals surface area contributed by atoms with Crippen molar-refractivity contribution in [1.29, 1.82) is 0 Å². The number of rotatable bonds is 12. The highest BCUT2D eigenvalue weighted by molar-refractivity contribution is 7.88. The second-order valence-electron chi connectivity index (χ2n) is 10.6. The summed E-state index contributed by atoms with van der Waals surface area (Å²) in [6.07, 6.45) is -0.115. The summed E-state index contributed by atoms with van der Waals surface area (Å²) in [5, 5.41) is 20.3. The Balaban J connectivity index is 2.52. The molecule has 3 N–H and O–H groups in total. The molecule has 0 spiro atoms. The van der Waals surface area contributed by atoms with E-state index < -0.39 is 50.0 Å². The highest BCUT2D eigenvalue weighted by Gasteiger charge is 2.62. The minimum absolute atomic E-state index is 0.259. The van der Waals surface area contributed by atoms with Crippen LogP contribution in [0.25, 0.3) is 0 Å². The first-order valence-electron chi connectivity index (χ1n) is 11.1. The fraction of sp³-hybridized carbons (Fsp3) is 0.462. The van der Waals surface area contributed by atoms with Crippen LogP contribution in [-0.4, -0.2) is 39.9 Å². The molecule has 2 aromatic carbocycles. The summed E-state index contributed by atoms with van der Waals surface area (Å²) in [5.41, 5.74) is 0.0406. The Morgan fingerprint density at radius 1 is 0.794 bits per heavy atom. The average molecular weight is 491 g/mol. The van der Waals surface area contributed by atoms with Crippen molar-refractivity contribution in [3.05, 3.63) is 71.8 Å². The number of hydrogen-bond acceptors (Lipinski definition) is 4. The second-order valence-corrected chi connectivity index (χ2v) is 12.3. The van der Waals surface area contributed by atoms with Crippen LogP contribution in [0.3, 0.4) is 0 Å². The van der Waals surface area contributed by atoms with E-state index in [4.69, 9.17) is 0 Å². The third kappa shape index (κ3) is 6.67. The van der Waals surface area contributed by atoms with Gasteiger partial charge < -0.3 is 10.2 Å². The Bertz CT molecular complexity index is 1090. The van der Waals surface area contributed by atoms with Crippen LogP contribution in [0.4, 0.5) is 0 Å². The van der Waals surface area contributed by atoms with Gasteiger partial charge in [-0.3, -0.25) is 14.1 Å². The third-order valence-corrected chi connectivity index (χ3v) is 7.76. The molecule has 0 aliphatic rings. The Hall–Kier alpha value is -2.71. The van der Waals surface area contributed by atoms with Crippen molar-refractivity contribution < 1.29 is 32.8 Å². The van der Waals surface area contributed by atoms with Gasteiger partial charge in [0.25, 0.3) is 10.1 Å². The van der Waals surface area contributed by atoms with E-state index in [2.05, 4.69) is 0 Å². The molecule has 0 heterocycles. The molecule has 2 unspecified atom stereocenters. The first-order valence-corrected chi connectivity index (χ1v) is 12.5. The SMILES string of the molecule is CC(C)(Cc1ccccc1)CC(C(=O)O)C(CC(C)(C)Cc1ccccc1)(C(=O)O)S(=O)(=O)O. The Morgan fingerprint density at radius 3 is 1.56 bits per heavy atom. The minimum atomic E-state index is -5.32. The molecule has 2 atom stereocenters. The first kappa shape index (κ1) is 27.5. The van der Waals surface area contributed by atoms with Gasteiger partial charge in [0.05, 0.1) is 5.92 Å². The molecule has 0 fully saturated rings. The number of aliphatic carboxylic acids is 2. The fourth-order valence-corrected chi connectivity index (χ4v) is 6.21. The van der Waals surface area contributed by atoms with Crippen LogP contribution in [0.2, 0.25) is 0 Å². The van der Waals surface area contributed by atoms with E-state index >= 15 is 0 Å². The van der Waals surface area contributed by atoms with Crippen molar-refractivity contribution >= 4 is 22.1 Å². The lowest BCUT2D eigenvalue weighted by Gasteiger charge is -2.41. The van der Waals surface area contributed by atoms with Gasteiger partial charge >= 0.3 is 11.9 Å². The Kier molecular flexibility index (Phi) is 8.32. The molecule has 0 saturated heterocycles. The number of carboxylic acid groups (broad SMARTS) is 2. The summed E-state index contributed by atoms with van der Waals surface area (Å²) in [6, 6.07) is 18.4. The van der Waals surface area contributed by atoms with E-state index in [9.17, 15) is 32.8 Å². The van der Waals surface area contributed by atoms with Crippen molar-refractivity contribution in [1.82, 2.24) is 0 Å². The van der Waals surface area contributed by atoms with Gasteiger partial charge in [-0.1, -0.05) is 88.4 Å². The van der Waals surface area contributed by atoms with E-state index in [1.807, 2.05) is 60.7 Å². The van der Waals surface area contributed by atoms with E-state index in [0.29, 0.717) is 12.8 Å². The number of hydrogen-bond donors (Lipinski definition) is 3. The fourth-order valence-electron chi connectivity index (χ4n) is 4.88. The van der Waals surface area contributed by atoms with Gasteiger partial charge in [0.15, 0.2) is 0 Å². The molecule has 2 aromatic rings. The maximum absolute atomic E-state index is 12.7. The lowest BCUT2D eigenvalue weighted by atomic mass is 9.68. The standard InChI is InChI=1S/C26H34O7S/c1-24(2,15-19-11-7-5-8-12-19)17-21(22(27)28)26(23(29)30,34(31,32)33)18-25(3,4)16-20-13-9-6-10-14-20/h5-14,21H,15-18H2,1-4H3,(H,27,28)(H,29,30)(H,31,32,33). The predicted octanol–water partition coefficient (Wildman–Crippen LogP) is 4.72. The van der Waals surface area contributed by atoms with E-state index in [1.54, 1.807) is 27.7 Å². The van der Waals surface area contributed by atoms with Crippen LogP contribution in [0.1, 0.15) is 51.7 Å². The van der Waals surface area contributed by atoms with Crippen molar-refractivity contribution in [3.63, 3.8) is 0 Å². The lowest BCUT2D eigenvalue weighted by molar-refractivity contribution is -0.154. The largest absolute Gasteiger partial charge is 0.481 e. The summed E-state index contributed by atoms with van der Waals surface area (Å²) < 4.78 is 32.8. The van der Waals surface area contributed by atoms with E-state index in [0.717, 1.165) is 11.1 Å². The minimum Gasteiger partial charge on any atom is -0.481 e. The average Bonchev–Trinajstić information content (AvgIpc) is 2.70. The zero-order chi connectivity index (χ0) is 25.8. The van der Waals surface area contributed by atoms with Gasteiger partial charge in [0.1, 0.15) is 0 Å². The number of carboxylic acids is 2. The zero-order valence-electron chi connectivity index (χ0n) is 20.1. The first-order chi connectivity index (χ1) is 15.6. The van der Waals surface area contributed by atoms with Crippen molar-refractivity contribution in [2.24, 2.45) is 16.7 Å². The molecular formula is C26H34O7S. The molecule has 2 rings (SSSR count). The number of carbonyl (C=O) groups is 2. The maximum Gasteiger partial charge on any atom is 0.328 e. The number of benzene rings is 2. The smallest absolute Gasteiger partial charge is 0.328 e. The molecule has 0 amide bonds. The lowest BCUT2D eigenvalue weighted by Crippen LogP contribution is -2.58. The summed E-state index contributed by atoms with van der Waals surface area (Å²) in [6.45, 7) is 6.89. The van der Waals surface area contributed by atoms with E-state index in [-0.39, 0.29) is 6.42 Å². The molecular weight excluding hydrogens is 456 g/mol. The highest BCUT2D eigenvalue weighted by Crippen LogP contribution is 2.45. The molecule has 0 saturated carbocycles. The summed E-state index contributed by atoms with van der Waals surface area (Å²) in [7, 11) is -5.32.